The molecule has 5 rings (SSSR count). The van der Waals surface area contributed by atoms with Crippen LogP contribution in [0.15, 0.2) is 0 Å². The van der Waals surface area contributed by atoms with Crippen molar-refractivity contribution in [2.24, 2.45) is 7.05 Å². The summed E-state index contributed by atoms with van der Waals surface area (Å²) in [4.78, 5) is 17.8. The molecule has 0 amide bonds. The number of nitrogens with zero attached hydrogens (tertiary/aromatic N) is 6. The molecule has 2 aliphatic rings. The minimum absolute atomic E-state index is 0.344. The van der Waals surface area contributed by atoms with Crippen molar-refractivity contribution in [1.82, 2.24) is 24.6 Å². The lowest BCUT2D eigenvalue weighted by Gasteiger charge is -2.28. The molecule has 160 valence electrons. The summed E-state index contributed by atoms with van der Waals surface area (Å²) in [6.45, 7) is 13.0. The number of likely N-dealkylation sites (tertiary alicyclic amines) is 1. The maximum absolute atomic E-state index is 5.22. The Bertz CT molecular complexity index is 1090. The fraction of sp³-hybridized carbons (Fsp3) is 0.609. The molecule has 2 saturated heterocycles. The van der Waals surface area contributed by atoms with Crippen molar-refractivity contribution in [2.45, 2.75) is 66.0 Å². The Morgan fingerprint density at radius 2 is 1.77 bits per heavy atom. The maximum Gasteiger partial charge on any atom is 0.146 e. The van der Waals surface area contributed by atoms with E-state index in [2.05, 4.69) is 44.5 Å². The van der Waals surface area contributed by atoms with Crippen LogP contribution in [-0.2, 0) is 13.6 Å². The van der Waals surface area contributed by atoms with E-state index >= 15 is 0 Å². The molecule has 0 aliphatic carbocycles. The average molecular weight is 425 g/mol. The number of fused-ring (bicyclic) bond motifs is 1. The summed E-state index contributed by atoms with van der Waals surface area (Å²) in [5.41, 5.74) is 5.13. The SMILES string of the molecule is Cc1nn(C)c(C)c1C1CCCN1c1nc(CN2CCCC2)nc2sc(C)c(C)c12. The first-order chi connectivity index (χ1) is 14.4. The molecule has 2 aliphatic heterocycles. The molecule has 7 heteroatoms. The number of hydrogen-bond acceptors (Lipinski definition) is 6. The largest absolute Gasteiger partial charge is 0.349 e. The van der Waals surface area contributed by atoms with Crippen LogP contribution in [0.2, 0.25) is 0 Å². The second-order valence-corrected chi connectivity index (χ2v) is 10.2. The van der Waals surface area contributed by atoms with E-state index in [0.717, 1.165) is 41.7 Å². The van der Waals surface area contributed by atoms with Gasteiger partial charge in [-0.2, -0.15) is 5.10 Å². The number of rotatable bonds is 4. The number of hydrogen-bond donors (Lipinski definition) is 0. The topological polar surface area (TPSA) is 50.1 Å². The zero-order valence-electron chi connectivity index (χ0n) is 18.8. The zero-order valence-corrected chi connectivity index (χ0v) is 19.6. The van der Waals surface area contributed by atoms with Crippen LogP contribution >= 0.6 is 11.3 Å². The van der Waals surface area contributed by atoms with E-state index in [-0.39, 0.29) is 0 Å². The van der Waals surface area contributed by atoms with Crippen molar-refractivity contribution in [2.75, 3.05) is 24.5 Å². The van der Waals surface area contributed by atoms with Crippen LogP contribution in [0.1, 0.15) is 64.9 Å². The first-order valence-electron chi connectivity index (χ1n) is 11.2. The second-order valence-electron chi connectivity index (χ2n) is 8.97. The van der Waals surface area contributed by atoms with Crippen molar-refractivity contribution >= 4 is 27.4 Å². The number of anilines is 1. The summed E-state index contributed by atoms with van der Waals surface area (Å²) < 4.78 is 2.02. The lowest BCUT2D eigenvalue weighted by molar-refractivity contribution is 0.323. The van der Waals surface area contributed by atoms with Gasteiger partial charge >= 0.3 is 0 Å². The standard InChI is InChI=1S/C23H32N6S/c1-14-17(4)30-23-20(14)22(24-19(25-23)13-28-10-6-7-11-28)29-12-8-9-18(29)21-15(2)26-27(5)16(21)3/h18H,6-13H2,1-5H3. The molecule has 1 unspecified atom stereocenters. The Balaban J connectivity index is 1.62. The summed E-state index contributed by atoms with van der Waals surface area (Å²) in [6, 6.07) is 0.344. The molecular formula is C23H32N6S. The van der Waals surface area contributed by atoms with Gasteiger partial charge in [0.2, 0.25) is 0 Å². The van der Waals surface area contributed by atoms with Gasteiger partial charge in [-0.05, 0) is 72.0 Å². The summed E-state index contributed by atoms with van der Waals surface area (Å²) in [7, 11) is 2.05. The molecule has 0 radical (unpaired) electrons. The van der Waals surface area contributed by atoms with Crippen LogP contribution in [0.5, 0.6) is 0 Å². The van der Waals surface area contributed by atoms with Crippen molar-refractivity contribution < 1.29 is 0 Å². The average Bonchev–Trinajstić information content (AvgIpc) is 3.47. The Hall–Kier alpha value is -1.99. The highest BCUT2D eigenvalue weighted by molar-refractivity contribution is 7.18. The third-order valence-electron chi connectivity index (χ3n) is 7.04. The minimum atomic E-state index is 0.344. The first-order valence-corrected chi connectivity index (χ1v) is 12.0. The Morgan fingerprint density at radius 1 is 1.00 bits per heavy atom. The van der Waals surface area contributed by atoms with Gasteiger partial charge in [0.15, 0.2) is 0 Å². The highest BCUT2D eigenvalue weighted by Crippen LogP contribution is 2.43. The van der Waals surface area contributed by atoms with Crippen LogP contribution in [0.3, 0.4) is 0 Å². The molecule has 2 fully saturated rings. The van der Waals surface area contributed by atoms with Crippen LogP contribution in [0.25, 0.3) is 10.2 Å². The third kappa shape index (κ3) is 3.23. The van der Waals surface area contributed by atoms with Crippen molar-refractivity contribution in [3.8, 4) is 0 Å². The van der Waals surface area contributed by atoms with Gasteiger partial charge in [-0.1, -0.05) is 0 Å². The molecule has 0 spiro atoms. The van der Waals surface area contributed by atoms with Crippen LogP contribution < -0.4 is 4.90 Å². The summed E-state index contributed by atoms with van der Waals surface area (Å²) in [5, 5.41) is 5.96. The van der Waals surface area contributed by atoms with Crippen molar-refractivity contribution in [1.29, 1.82) is 0 Å². The van der Waals surface area contributed by atoms with E-state index in [1.807, 2.05) is 16.0 Å². The van der Waals surface area contributed by atoms with E-state index in [1.54, 1.807) is 0 Å². The molecule has 3 aromatic rings. The van der Waals surface area contributed by atoms with Gasteiger partial charge in [-0.15, -0.1) is 11.3 Å². The number of aromatic nitrogens is 4. The molecule has 6 nitrogen and oxygen atoms in total. The zero-order chi connectivity index (χ0) is 21.0. The minimum Gasteiger partial charge on any atom is -0.349 e. The fourth-order valence-corrected chi connectivity index (χ4v) is 6.33. The molecule has 5 heterocycles. The van der Waals surface area contributed by atoms with E-state index < -0.39 is 0 Å². The van der Waals surface area contributed by atoms with Crippen LogP contribution in [0.4, 0.5) is 5.82 Å². The predicted octanol–water partition coefficient (Wildman–Crippen LogP) is 4.60. The van der Waals surface area contributed by atoms with Gasteiger partial charge in [-0.3, -0.25) is 9.58 Å². The van der Waals surface area contributed by atoms with E-state index in [0.29, 0.717) is 6.04 Å². The normalized spacial score (nSPS) is 20.2. The molecule has 0 N–H and O–H groups in total. The highest BCUT2D eigenvalue weighted by atomic mass is 32.1. The summed E-state index contributed by atoms with van der Waals surface area (Å²) in [5.74, 6) is 2.12. The number of thiophene rings is 1. The molecule has 0 saturated carbocycles. The summed E-state index contributed by atoms with van der Waals surface area (Å²) >= 11 is 1.82. The Kier molecular flexibility index (Phi) is 5.06. The first kappa shape index (κ1) is 19.9. The maximum atomic E-state index is 5.22. The monoisotopic (exact) mass is 424 g/mol. The summed E-state index contributed by atoms with van der Waals surface area (Å²) in [6.07, 6.45) is 4.93. The van der Waals surface area contributed by atoms with Gasteiger partial charge in [-0.25, -0.2) is 9.97 Å². The van der Waals surface area contributed by atoms with Crippen LogP contribution in [-0.4, -0.2) is 44.3 Å². The Labute approximate surface area is 182 Å². The second kappa shape index (κ2) is 7.61. The lowest BCUT2D eigenvalue weighted by atomic mass is 10.0. The molecule has 0 bridgehead atoms. The van der Waals surface area contributed by atoms with E-state index in [9.17, 15) is 0 Å². The van der Waals surface area contributed by atoms with Gasteiger partial charge in [0.1, 0.15) is 16.5 Å². The quantitative estimate of drug-likeness (QED) is 0.613. The fourth-order valence-electron chi connectivity index (χ4n) is 5.28. The molecule has 0 aromatic carbocycles. The highest BCUT2D eigenvalue weighted by Gasteiger charge is 2.33. The van der Waals surface area contributed by atoms with Gasteiger partial charge in [0.25, 0.3) is 0 Å². The molecular weight excluding hydrogens is 392 g/mol. The number of aryl methyl sites for hydroxylation is 4. The smallest absolute Gasteiger partial charge is 0.146 e. The van der Waals surface area contributed by atoms with Gasteiger partial charge in [0, 0.05) is 29.7 Å². The predicted molar refractivity (Wildman–Crippen MR) is 123 cm³/mol. The lowest BCUT2D eigenvalue weighted by Crippen LogP contribution is -2.26. The molecule has 3 aromatic heterocycles. The molecule has 1 atom stereocenters. The third-order valence-corrected chi connectivity index (χ3v) is 8.14. The Morgan fingerprint density at radius 3 is 2.47 bits per heavy atom. The van der Waals surface area contributed by atoms with Crippen molar-refractivity contribution in [3.63, 3.8) is 0 Å². The van der Waals surface area contributed by atoms with E-state index in [1.165, 1.54) is 59.4 Å². The van der Waals surface area contributed by atoms with E-state index in [4.69, 9.17) is 15.1 Å². The van der Waals surface area contributed by atoms with Crippen LogP contribution in [0, 0.1) is 27.7 Å². The van der Waals surface area contributed by atoms with Gasteiger partial charge < -0.3 is 4.90 Å². The van der Waals surface area contributed by atoms with Gasteiger partial charge in [0.05, 0.1) is 23.7 Å². The molecule has 30 heavy (non-hydrogen) atoms. The van der Waals surface area contributed by atoms with Crippen molar-refractivity contribution in [3.05, 3.63) is 33.2 Å².